The van der Waals surface area contributed by atoms with E-state index < -0.39 is 0 Å². The number of urea groups is 1. The average molecular weight is 285 g/mol. The number of carbonyl (C=O) groups is 1. The number of hydrogen-bond acceptors (Lipinski definition) is 3. The Labute approximate surface area is 121 Å². The Balaban J connectivity index is 1.44. The fourth-order valence-electron chi connectivity index (χ4n) is 2.76. The molecule has 0 aromatic rings. The van der Waals surface area contributed by atoms with Crippen molar-refractivity contribution in [2.75, 3.05) is 37.7 Å². The van der Waals surface area contributed by atoms with Gasteiger partial charge in [0.1, 0.15) is 0 Å². The molecule has 2 rings (SSSR count). The van der Waals surface area contributed by atoms with Gasteiger partial charge >= 0.3 is 6.03 Å². The van der Waals surface area contributed by atoms with Gasteiger partial charge in [0.15, 0.2) is 0 Å². The van der Waals surface area contributed by atoms with Crippen LogP contribution >= 0.6 is 11.8 Å². The number of carbonyl (C=O) groups excluding carboxylic acids is 1. The van der Waals surface area contributed by atoms with Gasteiger partial charge in [-0.1, -0.05) is 0 Å². The van der Waals surface area contributed by atoms with Crippen LogP contribution < -0.4 is 10.6 Å². The molecule has 0 aromatic carbocycles. The first kappa shape index (κ1) is 15.0. The highest BCUT2D eigenvalue weighted by Gasteiger charge is 2.15. The molecule has 2 fully saturated rings. The minimum Gasteiger partial charge on any atom is -0.338 e. The zero-order valence-electron chi connectivity index (χ0n) is 11.8. The quantitative estimate of drug-likeness (QED) is 0.734. The lowest BCUT2D eigenvalue weighted by atomic mass is 10.2. The Morgan fingerprint density at radius 1 is 1.21 bits per heavy atom. The normalized spacial score (nSPS) is 24.3. The SMILES string of the molecule is O=C(NCCCCN1CCCC1)N[C@@H]1CCCSC1. The van der Waals surface area contributed by atoms with E-state index in [0.717, 1.165) is 25.1 Å². The predicted octanol–water partition coefficient (Wildman–Crippen LogP) is 2.06. The van der Waals surface area contributed by atoms with E-state index in [4.69, 9.17) is 0 Å². The maximum atomic E-state index is 11.7. The Morgan fingerprint density at radius 3 is 2.79 bits per heavy atom. The largest absolute Gasteiger partial charge is 0.338 e. The first-order valence-electron chi connectivity index (χ1n) is 7.69. The molecule has 5 heteroatoms. The van der Waals surface area contributed by atoms with Gasteiger partial charge in [-0.05, 0) is 63.9 Å². The van der Waals surface area contributed by atoms with E-state index in [0.29, 0.717) is 6.04 Å². The minimum atomic E-state index is 0.0219. The third-order valence-electron chi connectivity index (χ3n) is 3.88. The second-order valence-electron chi connectivity index (χ2n) is 5.57. The van der Waals surface area contributed by atoms with E-state index in [1.165, 1.54) is 51.1 Å². The van der Waals surface area contributed by atoms with Crippen molar-refractivity contribution in [3.8, 4) is 0 Å². The van der Waals surface area contributed by atoms with E-state index in [1.54, 1.807) is 0 Å². The molecule has 0 aromatic heterocycles. The number of nitrogens with one attached hydrogen (secondary N) is 2. The van der Waals surface area contributed by atoms with Crippen molar-refractivity contribution in [1.82, 2.24) is 15.5 Å². The van der Waals surface area contributed by atoms with Crippen LogP contribution in [0.25, 0.3) is 0 Å². The molecule has 0 radical (unpaired) electrons. The first-order chi connectivity index (χ1) is 9.34. The molecule has 0 aliphatic carbocycles. The molecule has 2 amide bonds. The summed E-state index contributed by atoms with van der Waals surface area (Å²) in [5, 5.41) is 6.05. The maximum absolute atomic E-state index is 11.7. The molecule has 19 heavy (non-hydrogen) atoms. The van der Waals surface area contributed by atoms with Gasteiger partial charge in [0.25, 0.3) is 0 Å². The van der Waals surface area contributed by atoms with E-state index >= 15 is 0 Å². The molecule has 4 nitrogen and oxygen atoms in total. The van der Waals surface area contributed by atoms with Crippen LogP contribution in [-0.2, 0) is 0 Å². The lowest BCUT2D eigenvalue weighted by Crippen LogP contribution is -2.44. The summed E-state index contributed by atoms with van der Waals surface area (Å²) in [6.07, 6.45) is 7.36. The van der Waals surface area contributed by atoms with Crippen LogP contribution in [0.1, 0.15) is 38.5 Å². The molecule has 0 unspecified atom stereocenters. The van der Waals surface area contributed by atoms with Gasteiger partial charge in [-0.3, -0.25) is 0 Å². The number of nitrogens with zero attached hydrogens (tertiary/aromatic N) is 1. The highest BCUT2D eigenvalue weighted by atomic mass is 32.2. The predicted molar refractivity (Wildman–Crippen MR) is 81.8 cm³/mol. The lowest BCUT2D eigenvalue weighted by molar-refractivity contribution is 0.236. The summed E-state index contributed by atoms with van der Waals surface area (Å²) in [6.45, 7) is 4.54. The van der Waals surface area contributed by atoms with Crippen LogP contribution in [-0.4, -0.2) is 54.7 Å². The fourth-order valence-corrected chi connectivity index (χ4v) is 3.83. The standard InChI is InChI=1S/C14H27N3OS/c18-14(16-13-6-5-11-19-12-13)15-7-1-2-8-17-9-3-4-10-17/h13H,1-12H2,(H2,15,16,18)/t13-/m1/s1. The number of likely N-dealkylation sites (tertiary alicyclic amines) is 1. The smallest absolute Gasteiger partial charge is 0.315 e. The van der Waals surface area contributed by atoms with Crippen LogP contribution in [0.3, 0.4) is 0 Å². The van der Waals surface area contributed by atoms with Crippen molar-refractivity contribution >= 4 is 17.8 Å². The first-order valence-corrected chi connectivity index (χ1v) is 8.84. The molecule has 2 aliphatic rings. The van der Waals surface area contributed by atoms with Gasteiger partial charge in [-0.2, -0.15) is 11.8 Å². The van der Waals surface area contributed by atoms with Crippen molar-refractivity contribution in [2.24, 2.45) is 0 Å². The van der Waals surface area contributed by atoms with Crippen molar-refractivity contribution < 1.29 is 4.79 Å². The maximum Gasteiger partial charge on any atom is 0.315 e. The number of rotatable bonds is 6. The third-order valence-corrected chi connectivity index (χ3v) is 5.10. The van der Waals surface area contributed by atoms with Crippen LogP contribution in [0.5, 0.6) is 0 Å². The Bertz CT molecular complexity index is 263. The molecule has 0 spiro atoms. The van der Waals surface area contributed by atoms with Crippen LogP contribution in [0.15, 0.2) is 0 Å². The minimum absolute atomic E-state index is 0.0219. The molecule has 2 N–H and O–H groups in total. The van der Waals surface area contributed by atoms with E-state index in [1.807, 2.05) is 11.8 Å². The molecule has 2 heterocycles. The van der Waals surface area contributed by atoms with Gasteiger partial charge in [0.2, 0.25) is 0 Å². The highest BCUT2D eigenvalue weighted by Crippen LogP contribution is 2.16. The number of hydrogen-bond donors (Lipinski definition) is 2. The summed E-state index contributed by atoms with van der Waals surface area (Å²) in [6, 6.07) is 0.400. The van der Waals surface area contributed by atoms with Crippen molar-refractivity contribution in [3.63, 3.8) is 0 Å². The van der Waals surface area contributed by atoms with E-state index in [-0.39, 0.29) is 6.03 Å². The topological polar surface area (TPSA) is 44.4 Å². The molecular weight excluding hydrogens is 258 g/mol. The summed E-state index contributed by atoms with van der Waals surface area (Å²) >= 11 is 1.94. The average Bonchev–Trinajstić information content (AvgIpc) is 2.92. The number of thioether (sulfide) groups is 1. The van der Waals surface area contributed by atoms with Crippen LogP contribution in [0.4, 0.5) is 4.79 Å². The Kier molecular flexibility index (Phi) is 6.85. The molecule has 2 aliphatic heterocycles. The Morgan fingerprint density at radius 2 is 2.05 bits per heavy atom. The molecule has 1 atom stereocenters. The molecule has 0 bridgehead atoms. The lowest BCUT2D eigenvalue weighted by Gasteiger charge is -2.22. The zero-order valence-corrected chi connectivity index (χ0v) is 12.6. The fraction of sp³-hybridized carbons (Fsp3) is 0.929. The summed E-state index contributed by atoms with van der Waals surface area (Å²) < 4.78 is 0. The third kappa shape index (κ3) is 6.04. The van der Waals surface area contributed by atoms with Crippen LogP contribution in [0.2, 0.25) is 0 Å². The van der Waals surface area contributed by atoms with Gasteiger partial charge in [-0.15, -0.1) is 0 Å². The van der Waals surface area contributed by atoms with Gasteiger partial charge in [0, 0.05) is 18.3 Å². The molecule has 110 valence electrons. The van der Waals surface area contributed by atoms with Crippen molar-refractivity contribution in [3.05, 3.63) is 0 Å². The molecule has 2 saturated heterocycles. The second kappa shape index (κ2) is 8.69. The van der Waals surface area contributed by atoms with Crippen LogP contribution in [0, 0.1) is 0 Å². The van der Waals surface area contributed by atoms with E-state index in [2.05, 4.69) is 15.5 Å². The number of unbranched alkanes of at least 4 members (excludes halogenated alkanes) is 1. The zero-order chi connectivity index (χ0) is 13.3. The monoisotopic (exact) mass is 285 g/mol. The Hall–Kier alpha value is -0.420. The summed E-state index contributed by atoms with van der Waals surface area (Å²) in [4.78, 5) is 14.2. The van der Waals surface area contributed by atoms with E-state index in [9.17, 15) is 4.79 Å². The summed E-state index contributed by atoms with van der Waals surface area (Å²) in [7, 11) is 0. The highest BCUT2D eigenvalue weighted by molar-refractivity contribution is 7.99. The van der Waals surface area contributed by atoms with Gasteiger partial charge in [0.05, 0.1) is 0 Å². The van der Waals surface area contributed by atoms with Gasteiger partial charge in [-0.25, -0.2) is 4.79 Å². The van der Waals surface area contributed by atoms with Gasteiger partial charge < -0.3 is 15.5 Å². The molecular formula is C14H27N3OS. The van der Waals surface area contributed by atoms with Crippen molar-refractivity contribution in [2.45, 2.75) is 44.6 Å². The summed E-state index contributed by atoms with van der Waals surface area (Å²) in [5.41, 5.74) is 0. The second-order valence-corrected chi connectivity index (χ2v) is 6.72. The molecule has 0 saturated carbocycles. The number of amides is 2. The summed E-state index contributed by atoms with van der Waals surface area (Å²) in [5.74, 6) is 2.32. The van der Waals surface area contributed by atoms with Crippen molar-refractivity contribution in [1.29, 1.82) is 0 Å².